The lowest BCUT2D eigenvalue weighted by molar-refractivity contribution is -0.138. The summed E-state index contributed by atoms with van der Waals surface area (Å²) in [5, 5.41) is 13.2. The van der Waals surface area contributed by atoms with E-state index in [0.717, 1.165) is 25.0 Å². The Balaban J connectivity index is 1.38. The van der Waals surface area contributed by atoms with Crippen molar-refractivity contribution in [3.05, 3.63) is 100 Å². The Labute approximate surface area is 245 Å². The molecule has 1 amide bonds. The summed E-state index contributed by atoms with van der Waals surface area (Å²) in [6.07, 6.45) is -3.23. The van der Waals surface area contributed by atoms with Crippen LogP contribution in [0, 0.1) is 11.7 Å². The predicted octanol–water partition coefficient (Wildman–Crippen LogP) is 6.01. The first kappa shape index (κ1) is 30.7. The van der Waals surface area contributed by atoms with E-state index in [4.69, 9.17) is 0 Å². The van der Waals surface area contributed by atoms with Crippen molar-refractivity contribution in [1.29, 1.82) is 0 Å². The van der Waals surface area contributed by atoms with Crippen LogP contribution in [0.15, 0.2) is 71.6 Å². The molecule has 2 N–H and O–H groups in total. The van der Waals surface area contributed by atoms with Gasteiger partial charge >= 0.3 is 6.18 Å². The Morgan fingerprint density at radius 1 is 1.02 bits per heavy atom. The molecule has 4 aromatic rings. The number of nitrogens with zero attached hydrogens (tertiary/aromatic N) is 1. The maximum Gasteiger partial charge on any atom is 0.416 e. The molecule has 5 rings (SSSR count). The highest BCUT2D eigenvalue weighted by molar-refractivity contribution is 7.91. The van der Waals surface area contributed by atoms with Gasteiger partial charge < -0.3 is 15.0 Å². The van der Waals surface area contributed by atoms with Crippen LogP contribution in [0.25, 0.3) is 10.9 Å². The Hall–Kier alpha value is -3.77. The van der Waals surface area contributed by atoms with Crippen LogP contribution in [-0.4, -0.2) is 43.0 Å². The number of nitrogens with one attached hydrogen (secondary N) is 1. The van der Waals surface area contributed by atoms with Gasteiger partial charge in [-0.3, -0.25) is 4.79 Å². The van der Waals surface area contributed by atoms with Gasteiger partial charge in [-0.1, -0.05) is 18.2 Å². The van der Waals surface area contributed by atoms with Crippen molar-refractivity contribution >= 4 is 26.6 Å². The maximum atomic E-state index is 13.6. The molecule has 0 unspecified atom stereocenters. The van der Waals surface area contributed by atoms with Gasteiger partial charge in [0, 0.05) is 28.6 Å². The molecule has 0 saturated heterocycles. The van der Waals surface area contributed by atoms with Crippen LogP contribution in [-0.2, 0) is 29.0 Å². The number of aliphatic hydroxyl groups is 1. The molecular weight excluding hydrogens is 591 g/mol. The summed E-state index contributed by atoms with van der Waals surface area (Å²) in [5.41, 5.74) is 0.253. The van der Waals surface area contributed by atoms with Gasteiger partial charge in [0.25, 0.3) is 5.91 Å². The van der Waals surface area contributed by atoms with Crippen LogP contribution in [0.4, 0.5) is 22.0 Å². The molecule has 1 aromatic heterocycles. The van der Waals surface area contributed by atoms with Crippen LogP contribution < -0.4 is 5.32 Å². The number of hydrogen-bond acceptors (Lipinski definition) is 4. The second kappa shape index (κ2) is 12.1. The van der Waals surface area contributed by atoms with E-state index in [2.05, 4.69) is 5.32 Å². The zero-order chi connectivity index (χ0) is 30.9. The Morgan fingerprint density at radius 2 is 1.74 bits per heavy atom. The molecular formula is C31H29F5N2O4S. The van der Waals surface area contributed by atoms with Crippen molar-refractivity contribution < 1.29 is 40.3 Å². The van der Waals surface area contributed by atoms with Crippen LogP contribution in [0.2, 0.25) is 0 Å². The van der Waals surface area contributed by atoms with Crippen LogP contribution in [0.5, 0.6) is 0 Å². The fourth-order valence-electron chi connectivity index (χ4n) is 5.20. The van der Waals surface area contributed by atoms with E-state index >= 15 is 0 Å². The molecule has 0 aliphatic heterocycles. The molecule has 228 valence electrons. The van der Waals surface area contributed by atoms with Gasteiger partial charge in [0.2, 0.25) is 0 Å². The summed E-state index contributed by atoms with van der Waals surface area (Å²) in [6, 6.07) is 13.7. The summed E-state index contributed by atoms with van der Waals surface area (Å²) in [6.45, 7) is -1.38. The number of aromatic nitrogens is 1. The van der Waals surface area contributed by atoms with Gasteiger partial charge in [0.1, 0.15) is 12.5 Å². The summed E-state index contributed by atoms with van der Waals surface area (Å²) in [4.78, 5) is 13.3. The third-order valence-electron chi connectivity index (χ3n) is 7.59. The SMILES string of the molecule is O=C(N[C@@H](CO)c1ccc(S(=O)(=O)CC2CC2)cc1)c1ccc2c(c1)cc(Cc1ccc(F)cc1C(F)(F)F)n2CCF. The molecule has 3 aromatic carbocycles. The van der Waals surface area contributed by atoms with Gasteiger partial charge in [-0.15, -0.1) is 0 Å². The smallest absolute Gasteiger partial charge is 0.394 e. The minimum atomic E-state index is -4.78. The molecule has 43 heavy (non-hydrogen) atoms. The lowest BCUT2D eigenvalue weighted by Crippen LogP contribution is -2.30. The fourth-order valence-corrected chi connectivity index (χ4v) is 6.90. The molecule has 1 aliphatic rings. The molecule has 1 atom stereocenters. The average Bonchev–Trinajstić information content (AvgIpc) is 3.71. The number of hydrogen-bond donors (Lipinski definition) is 2. The Bertz CT molecular complexity index is 1750. The molecule has 1 saturated carbocycles. The summed E-state index contributed by atoms with van der Waals surface area (Å²) in [5.74, 6) is -1.29. The normalized spacial score (nSPS) is 14.7. The van der Waals surface area contributed by atoms with Crippen LogP contribution in [0.1, 0.15) is 51.6 Å². The standard InChI is InChI=1S/C31H29F5N2O4S/c32-11-12-38-25(14-21-3-7-24(33)16-27(21)31(34,35)36)15-23-13-22(6-10-29(23)38)30(40)37-28(17-39)20-4-8-26(9-5-20)43(41,42)18-19-1-2-19/h3-10,13,15-16,19,28,39H,1-2,11-12,14,17-18H2,(H,37,40)/t28-/m0/s1. The summed E-state index contributed by atoms with van der Waals surface area (Å²) < 4.78 is 94.4. The van der Waals surface area contributed by atoms with Crippen LogP contribution >= 0.6 is 0 Å². The fraction of sp³-hybridized carbons (Fsp3) is 0.323. The topological polar surface area (TPSA) is 88.4 Å². The zero-order valence-corrected chi connectivity index (χ0v) is 23.7. The van der Waals surface area contributed by atoms with Crippen molar-refractivity contribution in [2.75, 3.05) is 19.0 Å². The Kier molecular flexibility index (Phi) is 8.62. The number of sulfone groups is 1. The van der Waals surface area contributed by atoms with Crippen LogP contribution in [0.3, 0.4) is 0 Å². The third-order valence-corrected chi connectivity index (χ3v) is 9.49. The average molecular weight is 621 g/mol. The zero-order valence-electron chi connectivity index (χ0n) is 22.9. The highest BCUT2D eigenvalue weighted by Gasteiger charge is 2.34. The number of carbonyl (C=O) groups is 1. The van der Waals surface area contributed by atoms with Crippen molar-refractivity contribution in [2.24, 2.45) is 5.92 Å². The molecule has 0 spiro atoms. The molecule has 1 heterocycles. The molecule has 0 bridgehead atoms. The first-order valence-corrected chi connectivity index (χ1v) is 15.3. The number of amides is 1. The monoisotopic (exact) mass is 620 g/mol. The highest BCUT2D eigenvalue weighted by atomic mass is 32.2. The number of benzene rings is 3. The van der Waals surface area contributed by atoms with E-state index in [-0.39, 0.29) is 40.7 Å². The largest absolute Gasteiger partial charge is 0.416 e. The third kappa shape index (κ3) is 6.91. The first-order valence-electron chi connectivity index (χ1n) is 13.7. The Morgan fingerprint density at radius 3 is 2.37 bits per heavy atom. The number of alkyl halides is 4. The van der Waals surface area contributed by atoms with E-state index < -0.39 is 52.6 Å². The van der Waals surface area contributed by atoms with Gasteiger partial charge in [0.05, 0.1) is 35.4 Å². The predicted molar refractivity (Wildman–Crippen MR) is 151 cm³/mol. The number of aryl methyl sites for hydroxylation is 1. The lowest BCUT2D eigenvalue weighted by atomic mass is 10.0. The molecule has 6 nitrogen and oxygen atoms in total. The number of aliphatic hydroxyl groups excluding tert-OH is 1. The molecule has 0 radical (unpaired) electrons. The quantitative estimate of drug-likeness (QED) is 0.201. The highest BCUT2D eigenvalue weighted by Crippen LogP contribution is 2.35. The number of carbonyl (C=O) groups excluding carboxylic acids is 1. The van der Waals surface area contributed by atoms with Crippen molar-refractivity contribution in [2.45, 2.75) is 42.9 Å². The second-order valence-corrected chi connectivity index (χ2v) is 12.8. The van der Waals surface area contributed by atoms with E-state index in [1.165, 1.54) is 41.0 Å². The van der Waals surface area contributed by atoms with Gasteiger partial charge in [-0.2, -0.15) is 13.2 Å². The van der Waals surface area contributed by atoms with Gasteiger partial charge in [-0.25, -0.2) is 17.2 Å². The van der Waals surface area contributed by atoms with E-state index in [1.807, 2.05) is 0 Å². The van der Waals surface area contributed by atoms with Crippen molar-refractivity contribution in [3.63, 3.8) is 0 Å². The summed E-state index contributed by atoms with van der Waals surface area (Å²) >= 11 is 0. The minimum absolute atomic E-state index is 0.0944. The van der Waals surface area contributed by atoms with Gasteiger partial charge in [-0.05, 0) is 78.4 Å². The van der Waals surface area contributed by atoms with Crippen molar-refractivity contribution in [1.82, 2.24) is 9.88 Å². The molecule has 1 fully saturated rings. The van der Waals surface area contributed by atoms with E-state index in [1.54, 1.807) is 12.1 Å². The first-order chi connectivity index (χ1) is 20.4. The lowest BCUT2D eigenvalue weighted by Gasteiger charge is -2.17. The van der Waals surface area contributed by atoms with Crippen molar-refractivity contribution in [3.8, 4) is 0 Å². The van der Waals surface area contributed by atoms with E-state index in [9.17, 15) is 40.3 Å². The number of halogens is 5. The number of fused-ring (bicyclic) bond motifs is 1. The number of rotatable bonds is 11. The maximum absolute atomic E-state index is 13.6. The molecule has 1 aliphatic carbocycles. The molecule has 12 heteroatoms. The van der Waals surface area contributed by atoms with Gasteiger partial charge in [0.15, 0.2) is 9.84 Å². The minimum Gasteiger partial charge on any atom is -0.394 e. The second-order valence-electron chi connectivity index (χ2n) is 10.7. The van der Waals surface area contributed by atoms with E-state index in [0.29, 0.717) is 28.2 Å². The summed E-state index contributed by atoms with van der Waals surface area (Å²) in [7, 11) is -3.42.